The number of carbonyl (C=O) groups excluding carboxylic acids is 1. The third-order valence-corrected chi connectivity index (χ3v) is 2.42. The second-order valence-electron chi connectivity index (χ2n) is 3.41. The van der Waals surface area contributed by atoms with Gasteiger partial charge in [0.05, 0.1) is 30.3 Å². The van der Waals surface area contributed by atoms with Gasteiger partial charge in [-0.15, -0.1) is 11.6 Å². The van der Waals surface area contributed by atoms with Crippen LogP contribution in [0.5, 0.6) is 5.75 Å². The van der Waals surface area contributed by atoms with Gasteiger partial charge in [0, 0.05) is 5.56 Å². The summed E-state index contributed by atoms with van der Waals surface area (Å²) in [7, 11) is 0. The fraction of sp³-hybridized carbons (Fsp3) is 0.455. The zero-order chi connectivity index (χ0) is 13.7. The van der Waals surface area contributed by atoms with Crippen molar-refractivity contribution in [2.45, 2.75) is 25.7 Å². The van der Waals surface area contributed by atoms with Gasteiger partial charge >= 0.3 is 5.97 Å². The van der Waals surface area contributed by atoms with E-state index in [1.54, 1.807) is 6.92 Å². The number of hydrogen-bond donors (Lipinski definition) is 1. The first-order valence-electron chi connectivity index (χ1n) is 5.21. The summed E-state index contributed by atoms with van der Waals surface area (Å²) in [6, 6.07) is 0.879. The van der Waals surface area contributed by atoms with Crippen molar-refractivity contribution in [3.8, 4) is 5.75 Å². The molecule has 1 heterocycles. The number of nitrogens with zero attached hydrogens (tertiary/aromatic N) is 1. The van der Waals surface area contributed by atoms with E-state index >= 15 is 0 Å². The normalized spacial score (nSPS) is 10.7. The molecule has 0 spiro atoms. The molecule has 0 amide bonds. The SMILES string of the molecule is CCOC(=O)Cc1nc(CCl)c(O)cc1C(F)F. The minimum Gasteiger partial charge on any atom is -0.506 e. The van der Waals surface area contributed by atoms with Gasteiger partial charge in [-0.2, -0.15) is 0 Å². The zero-order valence-corrected chi connectivity index (χ0v) is 10.4. The molecular weight excluding hydrogens is 268 g/mol. The van der Waals surface area contributed by atoms with Crippen LogP contribution in [0.1, 0.15) is 30.3 Å². The van der Waals surface area contributed by atoms with E-state index in [1.807, 2.05) is 0 Å². The van der Waals surface area contributed by atoms with Crippen LogP contribution in [0.4, 0.5) is 8.78 Å². The molecule has 0 saturated heterocycles. The first-order chi connectivity index (χ1) is 8.49. The number of pyridine rings is 1. The topological polar surface area (TPSA) is 59.4 Å². The number of rotatable bonds is 5. The number of esters is 1. The van der Waals surface area contributed by atoms with Crippen molar-refractivity contribution in [3.05, 3.63) is 23.0 Å². The maximum atomic E-state index is 12.7. The molecule has 1 aromatic heterocycles. The van der Waals surface area contributed by atoms with Gasteiger partial charge in [-0.3, -0.25) is 9.78 Å². The van der Waals surface area contributed by atoms with Crippen molar-refractivity contribution in [2.24, 2.45) is 0 Å². The molecule has 0 fully saturated rings. The van der Waals surface area contributed by atoms with Gasteiger partial charge in [0.2, 0.25) is 0 Å². The first kappa shape index (κ1) is 14.6. The second kappa shape index (κ2) is 6.49. The predicted octanol–water partition coefficient (Wildman–Crippen LogP) is 2.57. The Labute approximate surface area is 108 Å². The predicted molar refractivity (Wildman–Crippen MR) is 60.8 cm³/mol. The molecule has 4 nitrogen and oxygen atoms in total. The lowest BCUT2D eigenvalue weighted by Gasteiger charge is -2.10. The average Bonchev–Trinajstić information content (AvgIpc) is 2.30. The molecule has 7 heteroatoms. The molecular formula is C11H12ClF2NO3. The molecule has 0 atom stereocenters. The van der Waals surface area contributed by atoms with E-state index in [9.17, 15) is 18.7 Å². The summed E-state index contributed by atoms with van der Waals surface area (Å²) < 4.78 is 30.2. The van der Waals surface area contributed by atoms with E-state index in [0.29, 0.717) is 0 Å². The standard InChI is InChI=1S/C11H12ClF2NO3/c1-2-18-10(17)4-7-6(11(13)14)3-9(16)8(5-12)15-7/h3,11,16H,2,4-5H2,1H3. The second-order valence-corrected chi connectivity index (χ2v) is 3.67. The number of ether oxygens (including phenoxy) is 1. The molecule has 100 valence electrons. The Hall–Kier alpha value is -1.43. The largest absolute Gasteiger partial charge is 0.506 e. The van der Waals surface area contributed by atoms with Gasteiger partial charge in [0.25, 0.3) is 6.43 Å². The molecule has 0 aliphatic carbocycles. The molecule has 0 radical (unpaired) electrons. The molecule has 0 bridgehead atoms. The Bertz CT molecular complexity index is 441. The number of halogens is 3. The molecule has 1 aromatic rings. The Morgan fingerprint density at radius 1 is 1.56 bits per heavy atom. The smallest absolute Gasteiger partial charge is 0.311 e. The molecule has 0 unspecified atom stereocenters. The van der Waals surface area contributed by atoms with Crippen molar-refractivity contribution < 1.29 is 23.4 Å². The highest BCUT2D eigenvalue weighted by Crippen LogP contribution is 2.28. The molecule has 1 N–H and O–H groups in total. The fourth-order valence-electron chi connectivity index (χ4n) is 1.38. The summed E-state index contributed by atoms with van der Waals surface area (Å²) >= 11 is 5.51. The Morgan fingerprint density at radius 3 is 2.72 bits per heavy atom. The minimum absolute atomic E-state index is 0.0559. The summed E-state index contributed by atoms with van der Waals surface area (Å²) in [4.78, 5) is 15.0. The molecule has 0 saturated carbocycles. The van der Waals surface area contributed by atoms with Crippen LogP contribution in [0.2, 0.25) is 0 Å². The lowest BCUT2D eigenvalue weighted by atomic mass is 10.1. The maximum Gasteiger partial charge on any atom is 0.311 e. The van der Waals surface area contributed by atoms with Crippen molar-refractivity contribution in [3.63, 3.8) is 0 Å². The highest BCUT2D eigenvalue weighted by atomic mass is 35.5. The van der Waals surface area contributed by atoms with Crippen molar-refractivity contribution in [2.75, 3.05) is 6.61 Å². The van der Waals surface area contributed by atoms with Crippen LogP contribution in [-0.2, 0) is 21.8 Å². The minimum atomic E-state index is -2.84. The van der Waals surface area contributed by atoms with Crippen LogP contribution in [0.25, 0.3) is 0 Å². The number of aromatic nitrogens is 1. The summed E-state index contributed by atoms with van der Waals surface area (Å²) in [5.41, 5.74) is -0.563. The van der Waals surface area contributed by atoms with E-state index in [2.05, 4.69) is 9.72 Å². The van der Waals surface area contributed by atoms with E-state index < -0.39 is 23.7 Å². The van der Waals surface area contributed by atoms with Crippen LogP contribution < -0.4 is 0 Å². The van der Waals surface area contributed by atoms with Gasteiger partial charge in [-0.05, 0) is 13.0 Å². The third kappa shape index (κ3) is 3.53. The van der Waals surface area contributed by atoms with Crippen molar-refractivity contribution >= 4 is 17.6 Å². The summed E-state index contributed by atoms with van der Waals surface area (Å²) in [6.07, 6.45) is -3.21. The van der Waals surface area contributed by atoms with E-state index in [0.717, 1.165) is 6.07 Å². The number of hydrogen-bond acceptors (Lipinski definition) is 4. The van der Waals surface area contributed by atoms with Gasteiger partial charge in [0.15, 0.2) is 0 Å². The van der Waals surface area contributed by atoms with Crippen molar-refractivity contribution in [1.29, 1.82) is 0 Å². The molecule has 0 aromatic carbocycles. The number of carbonyl (C=O) groups is 1. The molecule has 18 heavy (non-hydrogen) atoms. The quantitative estimate of drug-likeness (QED) is 0.665. The third-order valence-electron chi connectivity index (χ3n) is 2.17. The van der Waals surface area contributed by atoms with E-state index in [-0.39, 0.29) is 30.3 Å². The van der Waals surface area contributed by atoms with Crippen LogP contribution in [0.15, 0.2) is 6.07 Å². The average molecular weight is 280 g/mol. The maximum absolute atomic E-state index is 12.7. The number of aromatic hydroxyl groups is 1. The summed E-state index contributed by atoms with van der Waals surface area (Å²) in [5, 5.41) is 9.41. The monoisotopic (exact) mass is 279 g/mol. The Balaban J connectivity index is 3.10. The highest BCUT2D eigenvalue weighted by Gasteiger charge is 2.20. The summed E-state index contributed by atoms with van der Waals surface area (Å²) in [5.74, 6) is -1.20. The lowest BCUT2D eigenvalue weighted by Crippen LogP contribution is -2.12. The van der Waals surface area contributed by atoms with Crippen LogP contribution in [-0.4, -0.2) is 22.7 Å². The fourth-order valence-corrected chi connectivity index (χ4v) is 1.57. The number of alkyl halides is 3. The molecule has 0 aliphatic rings. The van der Waals surface area contributed by atoms with Gasteiger partial charge in [-0.1, -0.05) is 0 Å². The summed E-state index contributed by atoms with van der Waals surface area (Å²) in [6.45, 7) is 1.77. The van der Waals surface area contributed by atoms with Crippen molar-refractivity contribution in [1.82, 2.24) is 4.98 Å². The first-order valence-corrected chi connectivity index (χ1v) is 5.74. The van der Waals surface area contributed by atoms with Gasteiger partial charge < -0.3 is 9.84 Å². The highest BCUT2D eigenvalue weighted by molar-refractivity contribution is 6.17. The van der Waals surface area contributed by atoms with Crippen LogP contribution in [0, 0.1) is 0 Å². The Morgan fingerprint density at radius 2 is 2.22 bits per heavy atom. The van der Waals surface area contributed by atoms with Gasteiger partial charge in [0.1, 0.15) is 5.75 Å². The Kier molecular flexibility index (Phi) is 5.27. The van der Waals surface area contributed by atoms with Crippen LogP contribution >= 0.6 is 11.6 Å². The molecule has 1 rings (SSSR count). The van der Waals surface area contributed by atoms with Crippen LogP contribution in [0.3, 0.4) is 0 Å². The lowest BCUT2D eigenvalue weighted by molar-refractivity contribution is -0.142. The molecule has 0 aliphatic heterocycles. The van der Waals surface area contributed by atoms with E-state index in [4.69, 9.17) is 11.6 Å². The zero-order valence-electron chi connectivity index (χ0n) is 9.62. The van der Waals surface area contributed by atoms with E-state index in [1.165, 1.54) is 0 Å². The van der Waals surface area contributed by atoms with Gasteiger partial charge in [-0.25, -0.2) is 8.78 Å².